The van der Waals surface area contributed by atoms with Crippen molar-refractivity contribution >= 4 is 33.3 Å². The van der Waals surface area contributed by atoms with Gasteiger partial charge in [-0.15, -0.1) is 0 Å². The Morgan fingerprint density at radius 1 is 1.19 bits per heavy atom. The van der Waals surface area contributed by atoms with Gasteiger partial charge in [-0.3, -0.25) is 10.1 Å². The molecule has 0 N–H and O–H groups in total. The number of hydrogen-bond acceptors (Lipinski definition) is 5. The molecule has 31 heavy (non-hydrogen) atoms. The number of halogens is 2. The largest absolute Gasteiger partial charge is 0.493 e. The molecular formula is C23H16BrFN2O4. The van der Waals surface area contributed by atoms with Gasteiger partial charge in [-0.2, -0.15) is 5.26 Å². The molecule has 0 aliphatic carbocycles. The van der Waals surface area contributed by atoms with Crippen LogP contribution >= 0.6 is 15.9 Å². The van der Waals surface area contributed by atoms with Crippen molar-refractivity contribution < 1.29 is 18.8 Å². The summed E-state index contributed by atoms with van der Waals surface area (Å²) < 4.78 is 25.9. The van der Waals surface area contributed by atoms with Crippen LogP contribution < -0.4 is 9.47 Å². The molecule has 0 saturated carbocycles. The molecule has 8 heteroatoms. The molecule has 0 aromatic heterocycles. The van der Waals surface area contributed by atoms with Crippen molar-refractivity contribution in [3.8, 4) is 17.6 Å². The molecule has 0 heterocycles. The van der Waals surface area contributed by atoms with E-state index in [1.54, 1.807) is 42.5 Å². The van der Waals surface area contributed by atoms with E-state index in [2.05, 4.69) is 15.9 Å². The fourth-order valence-electron chi connectivity index (χ4n) is 2.86. The number of allylic oxidation sites excluding steroid dienone is 1. The third-order valence-electron chi connectivity index (χ3n) is 4.38. The van der Waals surface area contributed by atoms with Gasteiger partial charge in [0.15, 0.2) is 11.5 Å². The predicted octanol–water partition coefficient (Wildman–Crippen LogP) is 6.15. The molecule has 0 aliphatic rings. The number of nitro groups is 1. The summed E-state index contributed by atoms with van der Waals surface area (Å²) in [5.74, 6) is 0.309. The fraction of sp³-hybridized carbons (Fsp3) is 0.0870. The molecule has 0 spiro atoms. The Morgan fingerprint density at radius 2 is 1.97 bits per heavy atom. The molecule has 6 nitrogen and oxygen atoms in total. The van der Waals surface area contributed by atoms with E-state index in [1.165, 1.54) is 31.4 Å². The molecule has 0 bridgehead atoms. The summed E-state index contributed by atoms with van der Waals surface area (Å²) in [5, 5.41) is 20.4. The molecule has 3 rings (SSSR count). The van der Waals surface area contributed by atoms with Gasteiger partial charge in [-0.25, -0.2) is 4.39 Å². The van der Waals surface area contributed by atoms with Crippen molar-refractivity contribution in [3.63, 3.8) is 0 Å². The van der Waals surface area contributed by atoms with Crippen molar-refractivity contribution in [1.29, 1.82) is 5.26 Å². The lowest BCUT2D eigenvalue weighted by Gasteiger charge is -2.13. The zero-order valence-corrected chi connectivity index (χ0v) is 17.9. The van der Waals surface area contributed by atoms with Gasteiger partial charge >= 0.3 is 0 Å². The second kappa shape index (κ2) is 9.87. The second-order valence-electron chi connectivity index (χ2n) is 6.39. The number of benzene rings is 3. The van der Waals surface area contributed by atoms with Crippen LogP contribution in [0.1, 0.15) is 16.7 Å². The zero-order valence-electron chi connectivity index (χ0n) is 16.3. The summed E-state index contributed by atoms with van der Waals surface area (Å²) >= 11 is 3.44. The topological polar surface area (TPSA) is 85.4 Å². The summed E-state index contributed by atoms with van der Waals surface area (Å²) in [6.45, 7) is 0.0956. The van der Waals surface area contributed by atoms with Crippen LogP contribution in [0.2, 0.25) is 0 Å². The van der Waals surface area contributed by atoms with Gasteiger partial charge in [-0.05, 0) is 35.4 Å². The third-order valence-corrected chi connectivity index (χ3v) is 5.07. The van der Waals surface area contributed by atoms with Crippen molar-refractivity contribution in [2.24, 2.45) is 0 Å². The maximum Gasteiger partial charge on any atom is 0.269 e. The van der Waals surface area contributed by atoms with E-state index >= 15 is 0 Å². The Labute approximate surface area is 186 Å². The molecule has 0 unspecified atom stereocenters. The maximum absolute atomic E-state index is 14.1. The SMILES string of the molecule is COc1cc(/C=C(/C#N)c2ccccc2F)c(Br)cc1OCc1cccc([N+](=O)[O-])c1. The summed E-state index contributed by atoms with van der Waals surface area (Å²) in [6.07, 6.45) is 1.55. The summed E-state index contributed by atoms with van der Waals surface area (Å²) in [5.41, 5.74) is 1.56. The van der Waals surface area contributed by atoms with E-state index in [9.17, 15) is 19.8 Å². The van der Waals surface area contributed by atoms with Crippen LogP contribution in [0.3, 0.4) is 0 Å². The number of nitriles is 1. The van der Waals surface area contributed by atoms with E-state index in [4.69, 9.17) is 9.47 Å². The second-order valence-corrected chi connectivity index (χ2v) is 7.24. The Bertz CT molecular complexity index is 1200. The van der Waals surface area contributed by atoms with Gasteiger partial charge in [-0.1, -0.05) is 46.3 Å². The monoisotopic (exact) mass is 482 g/mol. The Hall–Kier alpha value is -3.70. The van der Waals surface area contributed by atoms with Gasteiger partial charge < -0.3 is 9.47 Å². The third kappa shape index (κ3) is 5.27. The average molecular weight is 483 g/mol. The Kier molecular flexibility index (Phi) is 7.00. The minimum absolute atomic E-state index is 0.0214. The summed E-state index contributed by atoms with van der Waals surface area (Å²) in [7, 11) is 1.47. The quantitative estimate of drug-likeness (QED) is 0.174. The first-order chi connectivity index (χ1) is 14.9. The smallest absolute Gasteiger partial charge is 0.269 e. The molecule has 156 valence electrons. The van der Waals surface area contributed by atoms with Crippen LogP contribution in [0.4, 0.5) is 10.1 Å². The lowest BCUT2D eigenvalue weighted by atomic mass is 10.0. The average Bonchev–Trinajstić information content (AvgIpc) is 2.77. The minimum atomic E-state index is -0.490. The van der Waals surface area contributed by atoms with Crippen LogP contribution in [0, 0.1) is 27.3 Å². The van der Waals surface area contributed by atoms with Crippen molar-refractivity contribution in [3.05, 3.63) is 97.8 Å². The highest BCUT2D eigenvalue weighted by Gasteiger charge is 2.13. The van der Waals surface area contributed by atoms with E-state index < -0.39 is 10.7 Å². The number of rotatable bonds is 7. The molecule has 3 aromatic carbocycles. The van der Waals surface area contributed by atoms with Crippen molar-refractivity contribution in [1.82, 2.24) is 0 Å². The van der Waals surface area contributed by atoms with Crippen LogP contribution in [0.5, 0.6) is 11.5 Å². The number of non-ortho nitro benzene ring substituents is 1. The van der Waals surface area contributed by atoms with Gasteiger partial charge in [0.25, 0.3) is 5.69 Å². The highest BCUT2D eigenvalue weighted by atomic mass is 79.9. The Balaban J connectivity index is 1.90. The van der Waals surface area contributed by atoms with E-state index in [1.807, 2.05) is 6.07 Å². The van der Waals surface area contributed by atoms with Crippen molar-refractivity contribution in [2.45, 2.75) is 6.61 Å². The molecule has 0 amide bonds. The molecule has 0 atom stereocenters. The van der Waals surface area contributed by atoms with Crippen molar-refractivity contribution in [2.75, 3.05) is 7.11 Å². The molecule has 0 aliphatic heterocycles. The molecule has 0 radical (unpaired) electrons. The van der Waals surface area contributed by atoms with Gasteiger partial charge in [0.1, 0.15) is 12.4 Å². The maximum atomic E-state index is 14.1. The first-order valence-corrected chi connectivity index (χ1v) is 9.82. The number of nitrogens with zero attached hydrogens (tertiary/aromatic N) is 2. The fourth-order valence-corrected chi connectivity index (χ4v) is 3.30. The number of methoxy groups -OCH3 is 1. The first-order valence-electron chi connectivity index (χ1n) is 9.03. The first kappa shape index (κ1) is 22.0. The lowest BCUT2D eigenvalue weighted by molar-refractivity contribution is -0.384. The molecule has 3 aromatic rings. The van der Waals surface area contributed by atoms with Crippen LogP contribution in [0.25, 0.3) is 11.6 Å². The van der Waals surface area contributed by atoms with E-state index in [0.717, 1.165) is 0 Å². The normalized spacial score (nSPS) is 11.0. The lowest BCUT2D eigenvalue weighted by Crippen LogP contribution is -1.99. The van der Waals surface area contributed by atoms with Crippen LogP contribution in [0.15, 0.2) is 65.1 Å². The predicted molar refractivity (Wildman–Crippen MR) is 118 cm³/mol. The highest BCUT2D eigenvalue weighted by molar-refractivity contribution is 9.10. The number of nitro benzene ring substituents is 1. The van der Waals surface area contributed by atoms with E-state index in [0.29, 0.717) is 27.1 Å². The van der Waals surface area contributed by atoms with E-state index in [-0.39, 0.29) is 23.4 Å². The van der Waals surface area contributed by atoms with Gasteiger partial charge in [0.05, 0.1) is 23.7 Å². The molecule has 0 saturated heterocycles. The minimum Gasteiger partial charge on any atom is -0.493 e. The summed E-state index contributed by atoms with van der Waals surface area (Å²) in [4.78, 5) is 10.5. The number of hydrogen-bond donors (Lipinski definition) is 0. The summed E-state index contributed by atoms with van der Waals surface area (Å²) in [6, 6.07) is 17.5. The zero-order chi connectivity index (χ0) is 22.4. The van der Waals surface area contributed by atoms with Gasteiger partial charge in [0, 0.05) is 22.2 Å². The van der Waals surface area contributed by atoms with Crippen LogP contribution in [-0.2, 0) is 6.61 Å². The standard InChI is InChI=1S/C23H16BrFN2O4/c1-30-22-11-16(10-17(13-26)19-7-2-3-8-21(19)25)20(24)12-23(22)31-14-15-5-4-6-18(9-15)27(28)29/h2-12H,14H2,1H3/b17-10-. The van der Waals surface area contributed by atoms with Crippen LogP contribution in [-0.4, -0.2) is 12.0 Å². The Morgan fingerprint density at radius 3 is 2.65 bits per heavy atom. The highest BCUT2D eigenvalue weighted by Crippen LogP contribution is 2.36. The van der Waals surface area contributed by atoms with Gasteiger partial charge in [0.2, 0.25) is 0 Å². The molecular weight excluding hydrogens is 467 g/mol. The number of ether oxygens (including phenoxy) is 2. The molecule has 0 fully saturated rings.